The van der Waals surface area contributed by atoms with Gasteiger partial charge in [-0.15, -0.1) is 0 Å². The smallest absolute Gasteiger partial charge is 0.244 e. The lowest BCUT2D eigenvalue weighted by atomic mass is 10.1. The number of rotatable bonds is 4. The fourth-order valence-electron chi connectivity index (χ4n) is 2.86. The molecule has 8 heteroatoms. The molecule has 26 heavy (non-hydrogen) atoms. The molecule has 0 saturated carbocycles. The summed E-state index contributed by atoms with van der Waals surface area (Å²) >= 11 is 5.89. The highest BCUT2D eigenvalue weighted by atomic mass is 35.5. The standard InChI is InChI=1S/C18H17ClN2O4S/c1-12(22)13-4-8-16(9-5-13)26(24,25)21-11-10-20-18(23)17(21)14-2-6-15(19)7-3-14/h2-9,17H,10-11H2,1H3,(H,20,23). The maximum absolute atomic E-state index is 13.1. The van der Waals surface area contributed by atoms with E-state index in [0.29, 0.717) is 16.1 Å². The van der Waals surface area contributed by atoms with E-state index >= 15 is 0 Å². The second kappa shape index (κ2) is 7.19. The zero-order chi connectivity index (χ0) is 18.9. The van der Waals surface area contributed by atoms with Gasteiger partial charge in [0, 0.05) is 23.7 Å². The first-order valence-electron chi connectivity index (χ1n) is 7.97. The number of nitrogens with one attached hydrogen (secondary N) is 1. The van der Waals surface area contributed by atoms with Crippen LogP contribution in [0.15, 0.2) is 53.4 Å². The van der Waals surface area contributed by atoms with Crippen molar-refractivity contribution in [2.24, 2.45) is 0 Å². The van der Waals surface area contributed by atoms with Crippen LogP contribution in [0, 0.1) is 0 Å². The summed E-state index contributed by atoms with van der Waals surface area (Å²) in [6.45, 7) is 1.79. The predicted molar refractivity (Wildman–Crippen MR) is 97.5 cm³/mol. The number of nitrogens with zero attached hydrogens (tertiary/aromatic N) is 1. The zero-order valence-electron chi connectivity index (χ0n) is 14.0. The minimum Gasteiger partial charge on any atom is -0.353 e. The third kappa shape index (κ3) is 3.51. The molecule has 1 saturated heterocycles. The molecule has 2 aromatic carbocycles. The molecular formula is C18H17ClN2O4S. The molecule has 1 aliphatic heterocycles. The Morgan fingerprint density at radius 2 is 1.73 bits per heavy atom. The molecule has 3 rings (SSSR count). The first kappa shape index (κ1) is 18.6. The van der Waals surface area contributed by atoms with Gasteiger partial charge < -0.3 is 5.32 Å². The highest BCUT2D eigenvalue weighted by Crippen LogP contribution is 2.30. The van der Waals surface area contributed by atoms with E-state index in [9.17, 15) is 18.0 Å². The van der Waals surface area contributed by atoms with Crippen LogP contribution in [0.4, 0.5) is 0 Å². The molecule has 1 heterocycles. The number of amides is 1. The molecular weight excluding hydrogens is 376 g/mol. The van der Waals surface area contributed by atoms with Crippen molar-refractivity contribution in [2.75, 3.05) is 13.1 Å². The van der Waals surface area contributed by atoms with Gasteiger partial charge in [-0.05, 0) is 36.8 Å². The Morgan fingerprint density at radius 1 is 1.12 bits per heavy atom. The lowest BCUT2D eigenvalue weighted by molar-refractivity contribution is -0.126. The lowest BCUT2D eigenvalue weighted by Crippen LogP contribution is -2.52. The third-order valence-electron chi connectivity index (χ3n) is 4.22. The topological polar surface area (TPSA) is 83.6 Å². The van der Waals surface area contributed by atoms with E-state index in [0.717, 1.165) is 0 Å². The SMILES string of the molecule is CC(=O)c1ccc(S(=O)(=O)N2CCNC(=O)C2c2ccc(Cl)cc2)cc1. The van der Waals surface area contributed by atoms with Gasteiger partial charge in [-0.3, -0.25) is 9.59 Å². The van der Waals surface area contributed by atoms with Gasteiger partial charge in [0.2, 0.25) is 15.9 Å². The number of benzene rings is 2. The van der Waals surface area contributed by atoms with E-state index < -0.39 is 16.1 Å². The normalized spacial score (nSPS) is 18.4. The Kier molecular flexibility index (Phi) is 5.13. The van der Waals surface area contributed by atoms with Crippen LogP contribution >= 0.6 is 11.6 Å². The van der Waals surface area contributed by atoms with Crippen LogP contribution in [0.1, 0.15) is 28.9 Å². The van der Waals surface area contributed by atoms with Crippen molar-refractivity contribution in [2.45, 2.75) is 17.9 Å². The number of carbonyl (C=O) groups excluding carboxylic acids is 2. The third-order valence-corrected chi connectivity index (χ3v) is 6.35. The Bertz CT molecular complexity index is 940. The summed E-state index contributed by atoms with van der Waals surface area (Å²) in [6, 6.07) is 11.2. The van der Waals surface area contributed by atoms with E-state index in [1.807, 2.05) is 0 Å². The largest absolute Gasteiger partial charge is 0.353 e. The number of piperazine rings is 1. The van der Waals surface area contributed by atoms with Crippen LogP contribution in [0.5, 0.6) is 0 Å². The quantitative estimate of drug-likeness (QED) is 0.810. The average molecular weight is 393 g/mol. The molecule has 0 radical (unpaired) electrons. The summed E-state index contributed by atoms with van der Waals surface area (Å²) in [7, 11) is -3.92. The second-order valence-electron chi connectivity index (χ2n) is 5.94. The molecule has 1 aliphatic rings. The van der Waals surface area contributed by atoms with Crippen LogP contribution in [0.2, 0.25) is 5.02 Å². The molecule has 136 valence electrons. The highest BCUT2D eigenvalue weighted by Gasteiger charge is 2.39. The maximum atomic E-state index is 13.1. The summed E-state index contributed by atoms with van der Waals surface area (Å²) in [6.07, 6.45) is 0. The van der Waals surface area contributed by atoms with Crippen molar-refractivity contribution < 1.29 is 18.0 Å². The average Bonchev–Trinajstić information content (AvgIpc) is 2.62. The maximum Gasteiger partial charge on any atom is 0.244 e. The number of sulfonamides is 1. The van der Waals surface area contributed by atoms with Crippen LogP contribution in [-0.4, -0.2) is 37.5 Å². The van der Waals surface area contributed by atoms with Crippen LogP contribution in [0.3, 0.4) is 0 Å². The van der Waals surface area contributed by atoms with E-state index in [1.165, 1.54) is 35.5 Å². The van der Waals surface area contributed by atoms with Gasteiger partial charge >= 0.3 is 0 Å². The second-order valence-corrected chi connectivity index (χ2v) is 8.27. The Morgan fingerprint density at radius 3 is 2.31 bits per heavy atom. The monoisotopic (exact) mass is 392 g/mol. The number of Topliss-reactive ketones (excluding diaryl/α,β-unsaturated/α-hetero) is 1. The van der Waals surface area contributed by atoms with E-state index in [2.05, 4.69) is 5.32 Å². The molecule has 0 spiro atoms. The molecule has 1 fully saturated rings. The van der Waals surface area contributed by atoms with Gasteiger partial charge in [0.1, 0.15) is 6.04 Å². The number of ketones is 1. The summed E-state index contributed by atoms with van der Waals surface area (Å²) < 4.78 is 27.4. The minimum atomic E-state index is -3.92. The first-order chi connectivity index (χ1) is 12.3. The summed E-state index contributed by atoms with van der Waals surface area (Å²) in [4.78, 5) is 23.8. The first-order valence-corrected chi connectivity index (χ1v) is 9.78. The zero-order valence-corrected chi connectivity index (χ0v) is 15.5. The van der Waals surface area contributed by atoms with Crippen LogP contribution in [-0.2, 0) is 14.8 Å². The van der Waals surface area contributed by atoms with Crippen molar-refractivity contribution >= 4 is 33.3 Å². The van der Waals surface area contributed by atoms with Crippen molar-refractivity contribution in [1.82, 2.24) is 9.62 Å². The van der Waals surface area contributed by atoms with E-state index in [-0.39, 0.29) is 29.7 Å². The summed E-state index contributed by atoms with van der Waals surface area (Å²) in [5.74, 6) is -0.534. The molecule has 1 atom stereocenters. The van der Waals surface area contributed by atoms with E-state index in [4.69, 9.17) is 11.6 Å². The Hall–Kier alpha value is -2.22. The number of carbonyl (C=O) groups is 2. The van der Waals surface area contributed by atoms with Gasteiger partial charge in [-0.2, -0.15) is 4.31 Å². The van der Waals surface area contributed by atoms with Crippen molar-refractivity contribution in [1.29, 1.82) is 0 Å². The van der Waals surface area contributed by atoms with E-state index in [1.54, 1.807) is 24.3 Å². The van der Waals surface area contributed by atoms with Gasteiger partial charge in [0.05, 0.1) is 4.90 Å². The molecule has 1 amide bonds. The molecule has 0 aliphatic carbocycles. The van der Waals surface area contributed by atoms with Gasteiger partial charge in [-0.25, -0.2) is 8.42 Å². The minimum absolute atomic E-state index is 0.0381. The fourth-order valence-corrected chi connectivity index (χ4v) is 4.57. The van der Waals surface area contributed by atoms with Crippen molar-refractivity contribution in [3.63, 3.8) is 0 Å². The summed E-state index contributed by atoms with van der Waals surface area (Å²) in [5, 5.41) is 3.20. The van der Waals surface area contributed by atoms with Gasteiger partial charge in [0.25, 0.3) is 0 Å². The molecule has 1 N–H and O–H groups in total. The van der Waals surface area contributed by atoms with Crippen molar-refractivity contribution in [3.05, 3.63) is 64.7 Å². The Balaban J connectivity index is 2.01. The number of hydrogen-bond acceptors (Lipinski definition) is 4. The van der Waals surface area contributed by atoms with Crippen molar-refractivity contribution in [3.8, 4) is 0 Å². The molecule has 1 unspecified atom stereocenters. The lowest BCUT2D eigenvalue weighted by Gasteiger charge is -2.34. The summed E-state index contributed by atoms with van der Waals surface area (Å²) in [5.41, 5.74) is 0.963. The van der Waals surface area contributed by atoms with Crippen LogP contribution in [0.25, 0.3) is 0 Å². The van der Waals surface area contributed by atoms with Gasteiger partial charge in [0.15, 0.2) is 5.78 Å². The molecule has 2 aromatic rings. The molecule has 0 bridgehead atoms. The molecule has 0 aromatic heterocycles. The fraction of sp³-hybridized carbons (Fsp3) is 0.222. The molecule has 6 nitrogen and oxygen atoms in total. The van der Waals surface area contributed by atoms with Gasteiger partial charge in [-0.1, -0.05) is 35.9 Å². The highest BCUT2D eigenvalue weighted by molar-refractivity contribution is 7.89. The number of halogens is 1. The Labute approximate surface area is 156 Å². The number of hydrogen-bond donors (Lipinski definition) is 1. The van der Waals surface area contributed by atoms with Crippen LogP contribution < -0.4 is 5.32 Å². The predicted octanol–water partition coefficient (Wildman–Crippen LogP) is 2.40.